The minimum absolute atomic E-state index is 0.431. The molecule has 1 atom stereocenters. The van der Waals surface area contributed by atoms with Crippen LogP contribution < -0.4 is 0 Å². The third kappa shape index (κ3) is 7.10. The number of benzene rings is 7. The summed E-state index contributed by atoms with van der Waals surface area (Å²) < 4.78 is 6.77. The first-order valence-corrected chi connectivity index (χ1v) is 21.1. The summed E-state index contributed by atoms with van der Waals surface area (Å²) in [7, 11) is 0. The summed E-state index contributed by atoms with van der Waals surface area (Å²) in [5.41, 5.74) is 15.6. The Hall–Kier alpha value is -8.02. The number of furan rings is 1. The summed E-state index contributed by atoms with van der Waals surface area (Å²) in [5.74, 6) is 1.89. The largest absolute Gasteiger partial charge is 0.455 e. The molecule has 1 unspecified atom stereocenters. The van der Waals surface area contributed by atoms with Crippen LogP contribution in [0.4, 0.5) is 0 Å². The molecule has 0 radical (unpaired) electrons. The molecule has 0 N–H and O–H groups in total. The van der Waals surface area contributed by atoms with E-state index in [0.717, 1.165) is 113 Å². The third-order valence-corrected chi connectivity index (χ3v) is 11.7. The Kier molecular flexibility index (Phi) is 9.47. The van der Waals surface area contributed by atoms with Gasteiger partial charge in [0.05, 0.1) is 22.8 Å². The van der Waals surface area contributed by atoms with E-state index >= 15 is 0 Å². The molecule has 0 fully saturated rings. The molecular weight excluding hydrogens is 757 g/mol. The van der Waals surface area contributed by atoms with E-state index in [2.05, 4.69) is 159 Å². The first kappa shape index (κ1) is 37.0. The molecule has 0 aliphatic heterocycles. The lowest BCUT2D eigenvalue weighted by Crippen LogP contribution is -2.03. The molecule has 1 aliphatic rings. The van der Waals surface area contributed by atoms with E-state index in [1.165, 1.54) is 0 Å². The fraction of sp³-hybridized carbons (Fsp3) is 0.0526. The fourth-order valence-electron chi connectivity index (χ4n) is 8.54. The fourth-order valence-corrected chi connectivity index (χ4v) is 8.54. The maximum absolute atomic E-state index is 6.77. The molecular formula is C57H40N4O. The summed E-state index contributed by atoms with van der Waals surface area (Å²) in [6, 6.07) is 65.1. The maximum atomic E-state index is 6.77. The van der Waals surface area contributed by atoms with Crippen molar-refractivity contribution in [3.8, 4) is 78.7 Å². The van der Waals surface area contributed by atoms with Gasteiger partial charge in [-0.05, 0) is 64.9 Å². The van der Waals surface area contributed by atoms with E-state index in [0.29, 0.717) is 11.7 Å². The van der Waals surface area contributed by atoms with Crippen molar-refractivity contribution in [1.82, 2.24) is 19.9 Å². The summed E-state index contributed by atoms with van der Waals surface area (Å²) in [5, 5.41) is 2.16. The molecule has 5 nitrogen and oxygen atoms in total. The predicted molar refractivity (Wildman–Crippen MR) is 254 cm³/mol. The van der Waals surface area contributed by atoms with E-state index in [1.807, 2.05) is 54.6 Å². The normalized spacial score (nSPS) is 13.7. The third-order valence-electron chi connectivity index (χ3n) is 11.7. The molecule has 5 heteroatoms. The molecule has 11 rings (SSSR count). The highest BCUT2D eigenvalue weighted by molar-refractivity contribution is 6.13. The molecule has 62 heavy (non-hydrogen) atoms. The van der Waals surface area contributed by atoms with Crippen molar-refractivity contribution in [1.29, 1.82) is 0 Å². The highest BCUT2D eigenvalue weighted by atomic mass is 16.3. The number of hydrogen-bond donors (Lipinski definition) is 0. The van der Waals surface area contributed by atoms with Gasteiger partial charge in [-0.3, -0.25) is 0 Å². The number of rotatable bonds is 8. The van der Waals surface area contributed by atoms with E-state index in [9.17, 15) is 0 Å². The summed E-state index contributed by atoms with van der Waals surface area (Å²) in [6.07, 6.45) is 7.41. The Morgan fingerprint density at radius 2 is 0.968 bits per heavy atom. The van der Waals surface area contributed by atoms with Crippen LogP contribution >= 0.6 is 0 Å². The van der Waals surface area contributed by atoms with E-state index in [-0.39, 0.29) is 0 Å². The SMILES string of the molecule is CC1C=CC=C(c2nc(-c3ccccc3)cc(-c3ccc(-c4ccc5c(oc6ccccc65)c4-c4cccc(-c5cc(-c6ccccc6)nc(-c6ccccc6)n5)c4)cc3)n2)C1. The maximum Gasteiger partial charge on any atom is 0.160 e. The van der Waals surface area contributed by atoms with Gasteiger partial charge in [0.25, 0.3) is 0 Å². The van der Waals surface area contributed by atoms with Crippen molar-refractivity contribution in [2.24, 2.45) is 5.92 Å². The second-order valence-corrected chi connectivity index (χ2v) is 15.9. The van der Waals surface area contributed by atoms with Gasteiger partial charge in [-0.25, -0.2) is 19.9 Å². The van der Waals surface area contributed by atoms with Crippen molar-refractivity contribution >= 4 is 27.5 Å². The number of fused-ring (bicyclic) bond motifs is 3. The van der Waals surface area contributed by atoms with Crippen LogP contribution in [0, 0.1) is 5.92 Å². The average molecular weight is 797 g/mol. The minimum atomic E-state index is 0.431. The first-order chi connectivity index (χ1) is 30.6. The molecule has 0 saturated heterocycles. The molecule has 3 aromatic heterocycles. The molecule has 0 spiro atoms. The lowest BCUT2D eigenvalue weighted by Gasteiger charge is -2.16. The lowest BCUT2D eigenvalue weighted by molar-refractivity contribution is 0.670. The Morgan fingerprint density at radius 1 is 0.435 bits per heavy atom. The number of nitrogens with zero attached hydrogens (tertiary/aromatic N) is 4. The van der Waals surface area contributed by atoms with Gasteiger partial charge in [-0.2, -0.15) is 0 Å². The van der Waals surface area contributed by atoms with Gasteiger partial charge in [-0.1, -0.05) is 183 Å². The van der Waals surface area contributed by atoms with E-state index < -0.39 is 0 Å². The first-order valence-electron chi connectivity index (χ1n) is 21.1. The van der Waals surface area contributed by atoms with Crippen LogP contribution in [0.15, 0.2) is 211 Å². The Balaban J connectivity index is 1.04. The van der Waals surface area contributed by atoms with Gasteiger partial charge in [0.1, 0.15) is 11.2 Å². The lowest BCUT2D eigenvalue weighted by atomic mass is 9.90. The average Bonchev–Trinajstić information content (AvgIpc) is 3.73. The van der Waals surface area contributed by atoms with Crippen LogP contribution in [-0.4, -0.2) is 19.9 Å². The smallest absolute Gasteiger partial charge is 0.160 e. The Morgan fingerprint density at radius 3 is 1.63 bits per heavy atom. The minimum Gasteiger partial charge on any atom is -0.455 e. The van der Waals surface area contributed by atoms with Crippen LogP contribution in [0.25, 0.3) is 106 Å². The van der Waals surface area contributed by atoms with Crippen molar-refractivity contribution in [3.63, 3.8) is 0 Å². The predicted octanol–water partition coefficient (Wildman–Crippen LogP) is 14.8. The molecule has 7 aromatic carbocycles. The van der Waals surface area contributed by atoms with Gasteiger partial charge in [0.2, 0.25) is 0 Å². The number of hydrogen-bond acceptors (Lipinski definition) is 5. The van der Waals surface area contributed by atoms with Crippen molar-refractivity contribution < 1.29 is 4.42 Å². The molecule has 1 aliphatic carbocycles. The van der Waals surface area contributed by atoms with Crippen molar-refractivity contribution in [2.75, 3.05) is 0 Å². The summed E-state index contributed by atoms with van der Waals surface area (Å²) in [4.78, 5) is 20.5. The zero-order valence-electron chi connectivity index (χ0n) is 34.1. The quantitative estimate of drug-likeness (QED) is 0.153. The zero-order chi connectivity index (χ0) is 41.4. The van der Waals surface area contributed by atoms with Crippen LogP contribution in [0.5, 0.6) is 0 Å². The van der Waals surface area contributed by atoms with Crippen molar-refractivity contribution in [2.45, 2.75) is 13.3 Å². The summed E-state index contributed by atoms with van der Waals surface area (Å²) >= 11 is 0. The van der Waals surface area contributed by atoms with Gasteiger partial charge in [-0.15, -0.1) is 0 Å². The Bertz CT molecular complexity index is 3260. The molecule has 3 heterocycles. The zero-order valence-corrected chi connectivity index (χ0v) is 34.1. The standard InChI is InChI=1S/C57H40N4O/c1-37-15-13-24-45(33-37)57-59-49(39-16-5-2-6-17-39)35-51(60-57)41-29-27-38(28-30-41)46-31-32-48-47-25-11-12-26-53(47)62-55(48)54(46)44-23-14-22-43(34-44)52-36-50(40-18-7-3-8-19-40)58-56(61-52)42-20-9-4-10-21-42/h2-32,34-37H,33H2,1H3. The van der Waals surface area contributed by atoms with Crippen LogP contribution in [-0.2, 0) is 0 Å². The van der Waals surface area contributed by atoms with E-state index in [4.69, 9.17) is 24.4 Å². The molecule has 0 saturated carbocycles. The highest BCUT2D eigenvalue weighted by Gasteiger charge is 2.20. The van der Waals surface area contributed by atoms with Crippen LogP contribution in [0.2, 0.25) is 0 Å². The molecule has 0 bridgehead atoms. The van der Waals surface area contributed by atoms with Crippen LogP contribution in [0.1, 0.15) is 19.2 Å². The van der Waals surface area contributed by atoms with E-state index in [1.54, 1.807) is 0 Å². The van der Waals surface area contributed by atoms with Crippen LogP contribution in [0.3, 0.4) is 0 Å². The van der Waals surface area contributed by atoms with Gasteiger partial charge >= 0.3 is 0 Å². The van der Waals surface area contributed by atoms with Gasteiger partial charge in [0.15, 0.2) is 11.6 Å². The van der Waals surface area contributed by atoms with Crippen molar-refractivity contribution in [3.05, 3.63) is 212 Å². The number of para-hydroxylation sites is 1. The topological polar surface area (TPSA) is 64.7 Å². The molecule has 10 aromatic rings. The second-order valence-electron chi connectivity index (χ2n) is 15.9. The monoisotopic (exact) mass is 796 g/mol. The number of aromatic nitrogens is 4. The number of allylic oxidation sites excluding steroid dienone is 4. The highest BCUT2D eigenvalue weighted by Crippen LogP contribution is 2.43. The molecule has 0 amide bonds. The second kappa shape index (κ2) is 15.9. The Labute approximate surface area is 360 Å². The van der Waals surface area contributed by atoms with Gasteiger partial charge in [0, 0.05) is 44.2 Å². The molecule has 294 valence electrons. The summed E-state index contributed by atoms with van der Waals surface area (Å²) in [6.45, 7) is 2.23. The van der Waals surface area contributed by atoms with Gasteiger partial charge < -0.3 is 4.42 Å².